The Bertz CT molecular complexity index is 1700. The number of rotatable bonds is 10. The van der Waals surface area contributed by atoms with E-state index in [9.17, 15) is 9.59 Å². The van der Waals surface area contributed by atoms with Crippen LogP contribution in [0.4, 0.5) is 0 Å². The first-order valence-corrected chi connectivity index (χ1v) is 13.0. The van der Waals surface area contributed by atoms with Gasteiger partial charge in [0.15, 0.2) is 17.1 Å². The molecule has 206 valence electrons. The van der Waals surface area contributed by atoms with Crippen molar-refractivity contribution >= 4 is 32.9 Å². The highest BCUT2D eigenvalue weighted by Crippen LogP contribution is 2.40. The van der Waals surface area contributed by atoms with Gasteiger partial charge in [-0.15, -0.1) is 0 Å². The summed E-state index contributed by atoms with van der Waals surface area (Å²) in [5.41, 5.74) is 2.75. The number of carbonyl (C=O) groups is 1. The molecule has 5 rings (SSSR count). The van der Waals surface area contributed by atoms with Crippen LogP contribution in [0.1, 0.15) is 16.1 Å². The predicted molar refractivity (Wildman–Crippen MR) is 151 cm³/mol. The van der Waals surface area contributed by atoms with E-state index < -0.39 is 0 Å². The van der Waals surface area contributed by atoms with Crippen LogP contribution in [0.3, 0.4) is 0 Å². The van der Waals surface area contributed by atoms with E-state index in [0.717, 1.165) is 10.0 Å². The van der Waals surface area contributed by atoms with Crippen molar-refractivity contribution in [2.24, 2.45) is 0 Å². The summed E-state index contributed by atoms with van der Waals surface area (Å²) in [4.78, 5) is 30.2. The van der Waals surface area contributed by atoms with E-state index in [4.69, 9.17) is 14.2 Å². The zero-order valence-corrected chi connectivity index (χ0v) is 23.6. The third-order valence-corrected chi connectivity index (χ3v) is 6.81. The molecule has 0 aliphatic carbocycles. The fourth-order valence-corrected chi connectivity index (χ4v) is 4.51. The van der Waals surface area contributed by atoms with E-state index >= 15 is 0 Å². The summed E-state index contributed by atoms with van der Waals surface area (Å²) in [5, 5.41) is 14.6. The van der Waals surface area contributed by atoms with Gasteiger partial charge in [-0.3, -0.25) is 19.3 Å². The van der Waals surface area contributed by atoms with Crippen molar-refractivity contribution in [1.82, 2.24) is 34.8 Å². The van der Waals surface area contributed by atoms with Gasteiger partial charge in [0.05, 0.1) is 46.3 Å². The summed E-state index contributed by atoms with van der Waals surface area (Å²) in [6, 6.07) is 12.9. The Morgan fingerprint density at radius 1 is 1.05 bits per heavy atom. The van der Waals surface area contributed by atoms with Crippen LogP contribution in [0, 0.1) is 0 Å². The molecule has 12 nitrogen and oxygen atoms in total. The van der Waals surface area contributed by atoms with Crippen LogP contribution in [0.15, 0.2) is 64.3 Å². The van der Waals surface area contributed by atoms with E-state index in [1.54, 1.807) is 27.4 Å². The molecule has 0 saturated carbocycles. The van der Waals surface area contributed by atoms with Crippen molar-refractivity contribution in [1.29, 1.82) is 0 Å². The van der Waals surface area contributed by atoms with Gasteiger partial charge < -0.3 is 19.5 Å². The molecular formula is C27H26BrN7O5. The van der Waals surface area contributed by atoms with Crippen LogP contribution >= 0.6 is 15.9 Å². The zero-order chi connectivity index (χ0) is 28.2. The largest absolute Gasteiger partial charge is 0.493 e. The molecule has 0 radical (unpaired) electrons. The third kappa shape index (κ3) is 5.41. The fraction of sp³-hybridized carbons (Fsp3) is 0.222. The number of nitrogens with one attached hydrogen (secondary N) is 2. The van der Waals surface area contributed by atoms with Gasteiger partial charge in [-0.25, -0.2) is 9.67 Å². The van der Waals surface area contributed by atoms with Gasteiger partial charge in [0.1, 0.15) is 17.4 Å². The summed E-state index contributed by atoms with van der Waals surface area (Å²) in [7, 11) is 4.59. The Morgan fingerprint density at radius 2 is 1.77 bits per heavy atom. The Balaban J connectivity index is 1.24. The van der Waals surface area contributed by atoms with Crippen molar-refractivity contribution in [2.75, 3.05) is 27.9 Å². The molecule has 1 amide bonds. The summed E-state index contributed by atoms with van der Waals surface area (Å²) in [6.07, 6.45) is 3.02. The number of hydrogen-bond donors (Lipinski definition) is 2. The minimum absolute atomic E-state index is 0.181. The first-order chi connectivity index (χ1) is 19.4. The Hall–Kier alpha value is -4.65. The van der Waals surface area contributed by atoms with Crippen LogP contribution in [0.5, 0.6) is 17.2 Å². The van der Waals surface area contributed by atoms with Crippen molar-refractivity contribution in [3.63, 3.8) is 0 Å². The van der Waals surface area contributed by atoms with Crippen LogP contribution in [-0.2, 0) is 13.1 Å². The minimum Gasteiger partial charge on any atom is -0.493 e. The molecule has 3 heterocycles. The summed E-state index contributed by atoms with van der Waals surface area (Å²) < 4.78 is 20.3. The number of nitrogens with zero attached hydrogens (tertiary/aromatic N) is 5. The highest BCUT2D eigenvalue weighted by Gasteiger charge is 2.17. The maximum absolute atomic E-state index is 13.0. The molecule has 0 aliphatic heterocycles. The Labute approximate surface area is 237 Å². The zero-order valence-electron chi connectivity index (χ0n) is 22.0. The number of carbonyl (C=O) groups excluding carboxylic acids is 1. The molecule has 0 aliphatic rings. The number of fused-ring (bicyclic) bond motifs is 1. The first-order valence-electron chi connectivity index (χ1n) is 12.2. The molecule has 2 N–H and O–H groups in total. The monoisotopic (exact) mass is 607 g/mol. The number of halogens is 1. The lowest BCUT2D eigenvalue weighted by Crippen LogP contribution is -2.28. The number of aromatic amines is 1. The maximum atomic E-state index is 13.0. The number of hydrogen-bond acceptors (Lipinski definition) is 8. The first kappa shape index (κ1) is 26.9. The van der Waals surface area contributed by atoms with Gasteiger partial charge in [0, 0.05) is 16.6 Å². The average molecular weight is 608 g/mol. The second kappa shape index (κ2) is 11.6. The van der Waals surface area contributed by atoms with Crippen molar-refractivity contribution in [2.45, 2.75) is 13.1 Å². The molecule has 40 heavy (non-hydrogen) atoms. The molecular weight excluding hydrogens is 582 g/mol. The number of aromatic nitrogens is 6. The second-order valence-electron chi connectivity index (χ2n) is 8.75. The molecule has 0 unspecified atom stereocenters. The lowest BCUT2D eigenvalue weighted by Gasteiger charge is -2.13. The molecule has 0 saturated heterocycles. The van der Waals surface area contributed by atoms with Crippen molar-refractivity contribution in [3.8, 4) is 28.5 Å². The fourth-order valence-electron chi connectivity index (χ4n) is 4.25. The molecule has 0 bridgehead atoms. The average Bonchev–Trinajstić information content (AvgIpc) is 3.63. The van der Waals surface area contributed by atoms with Crippen LogP contribution in [0.25, 0.3) is 22.3 Å². The number of H-pyrrole nitrogens is 1. The number of benzene rings is 2. The molecule has 5 aromatic rings. The van der Waals surface area contributed by atoms with Gasteiger partial charge in [0.2, 0.25) is 5.75 Å². The lowest BCUT2D eigenvalue weighted by molar-refractivity contribution is 0.0947. The molecule has 13 heteroatoms. The highest BCUT2D eigenvalue weighted by molar-refractivity contribution is 9.10. The molecule has 2 aromatic carbocycles. The molecule has 0 atom stereocenters. The second-order valence-corrected chi connectivity index (χ2v) is 9.66. The third-order valence-electron chi connectivity index (χ3n) is 6.28. The summed E-state index contributed by atoms with van der Waals surface area (Å²) >= 11 is 3.41. The van der Waals surface area contributed by atoms with Crippen molar-refractivity contribution < 1.29 is 19.0 Å². The molecule has 0 spiro atoms. The van der Waals surface area contributed by atoms with Crippen LogP contribution in [-0.4, -0.2) is 63.3 Å². The number of methoxy groups -OCH3 is 3. The number of ether oxygens (including phenoxy) is 3. The Kier molecular flexibility index (Phi) is 7.82. The molecule has 0 fully saturated rings. The normalized spacial score (nSPS) is 11.0. The Morgan fingerprint density at radius 3 is 2.45 bits per heavy atom. The summed E-state index contributed by atoms with van der Waals surface area (Å²) in [6.45, 7) is 0.989. The predicted octanol–water partition coefficient (Wildman–Crippen LogP) is 3.25. The quantitative estimate of drug-likeness (QED) is 0.247. The smallest absolute Gasteiger partial charge is 0.269 e. The van der Waals surface area contributed by atoms with Gasteiger partial charge in [0.25, 0.3) is 11.5 Å². The van der Waals surface area contributed by atoms with Crippen LogP contribution in [0.2, 0.25) is 0 Å². The van der Waals surface area contributed by atoms with Gasteiger partial charge >= 0.3 is 0 Å². The molecule has 3 aromatic heterocycles. The van der Waals surface area contributed by atoms with Gasteiger partial charge in [-0.1, -0.05) is 28.1 Å². The standard InChI is InChI=1S/C27H26BrN7O5/c1-38-22-10-17(11-23(39-2)24(22)40-3)20-12-21(33-32-20)26(36)29-8-9-35-25-19(13-31-35)27(37)34(15-30-25)14-16-4-6-18(28)7-5-16/h4-7,10-13,15H,8-9,14H2,1-3H3,(H,29,36)(H,32,33). The minimum atomic E-state index is -0.340. The summed E-state index contributed by atoms with van der Waals surface area (Å²) in [5.74, 6) is 1.08. The van der Waals surface area contributed by atoms with E-state index in [2.05, 4.69) is 41.5 Å². The van der Waals surface area contributed by atoms with E-state index in [0.29, 0.717) is 52.6 Å². The topological polar surface area (TPSA) is 138 Å². The number of amides is 1. The van der Waals surface area contributed by atoms with E-state index in [1.165, 1.54) is 33.9 Å². The van der Waals surface area contributed by atoms with E-state index in [-0.39, 0.29) is 23.7 Å². The SMILES string of the molecule is COc1cc(-c2cc(C(=O)NCCn3ncc4c(=O)n(Cc5ccc(Br)cc5)cnc43)[nH]n2)cc(OC)c1OC. The maximum Gasteiger partial charge on any atom is 0.269 e. The van der Waals surface area contributed by atoms with Crippen molar-refractivity contribution in [3.05, 3.63) is 81.1 Å². The lowest BCUT2D eigenvalue weighted by atomic mass is 10.1. The van der Waals surface area contributed by atoms with Crippen LogP contribution < -0.4 is 25.1 Å². The highest BCUT2D eigenvalue weighted by atomic mass is 79.9. The van der Waals surface area contributed by atoms with E-state index in [1.807, 2.05) is 24.3 Å². The van der Waals surface area contributed by atoms with Gasteiger partial charge in [-0.2, -0.15) is 10.2 Å². The van der Waals surface area contributed by atoms with Gasteiger partial charge in [-0.05, 0) is 35.9 Å².